The van der Waals surface area contributed by atoms with Crippen molar-refractivity contribution in [3.8, 4) is 11.5 Å². The van der Waals surface area contributed by atoms with Crippen LogP contribution < -0.4 is 14.9 Å². The average Bonchev–Trinajstić information content (AvgIpc) is 3.11. The summed E-state index contributed by atoms with van der Waals surface area (Å²) in [5, 5.41) is 26.5. The van der Waals surface area contributed by atoms with E-state index in [2.05, 4.69) is 0 Å². The Kier molecular flexibility index (Phi) is 19.5. The summed E-state index contributed by atoms with van der Waals surface area (Å²) in [6.45, 7) is 12.0. The molecule has 2 aliphatic rings. The smallest absolute Gasteiger partial charge is 0.371 e. The molecular weight excluding hydrogens is 627 g/mol. The van der Waals surface area contributed by atoms with E-state index in [9.17, 15) is 24.0 Å². The Balaban J connectivity index is 0.000000633. The summed E-state index contributed by atoms with van der Waals surface area (Å²) in [5.74, 6) is -2.68. The molecule has 1 unspecified atom stereocenters. The summed E-state index contributed by atoms with van der Waals surface area (Å²) in [5.41, 5.74) is 1.51. The summed E-state index contributed by atoms with van der Waals surface area (Å²) in [6, 6.07) is 21.7. The number of fused-ring (bicyclic) bond motifs is 3. The number of aryl methyl sites for hydroxylation is 1. The Morgan fingerprint density at radius 2 is 1.21 bits per heavy atom. The second-order valence-electron chi connectivity index (χ2n) is 8.94. The topological polar surface area (TPSA) is 178 Å². The van der Waals surface area contributed by atoms with Gasteiger partial charge < -0.3 is 29.2 Å². The van der Waals surface area contributed by atoms with Gasteiger partial charge in [0.1, 0.15) is 17.1 Å². The van der Waals surface area contributed by atoms with E-state index in [1.165, 1.54) is 0 Å². The minimum absolute atomic E-state index is 0. The number of Topliss-reactive ketones (excluding diaryl/α,β-unsaturated/α-hetero) is 1. The summed E-state index contributed by atoms with van der Waals surface area (Å²) in [7, 11) is 0. The number of ketones is 1. The molecular formula is C36H43FO11. The molecule has 0 radical (unpaired) electrons. The Morgan fingerprint density at radius 3 is 1.81 bits per heavy atom. The van der Waals surface area contributed by atoms with E-state index in [0.29, 0.717) is 28.9 Å². The van der Waals surface area contributed by atoms with Gasteiger partial charge in [-0.05, 0) is 48.7 Å². The molecule has 0 saturated carbocycles. The van der Waals surface area contributed by atoms with E-state index in [4.69, 9.17) is 29.2 Å². The van der Waals surface area contributed by atoms with Crippen molar-refractivity contribution in [1.29, 1.82) is 0 Å². The van der Waals surface area contributed by atoms with Crippen molar-refractivity contribution >= 4 is 34.7 Å². The quantitative estimate of drug-likeness (QED) is 0.199. The minimum atomic E-state index is -1.24. The van der Waals surface area contributed by atoms with E-state index < -0.39 is 30.1 Å². The molecule has 0 bridgehead atoms. The zero-order chi connectivity index (χ0) is 35.5. The first-order chi connectivity index (χ1) is 22.6. The number of hydrogen-bond donors (Lipinski definition) is 3. The van der Waals surface area contributed by atoms with E-state index in [0.717, 1.165) is 18.1 Å². The number of benzene rings is 3. The Bertz CT molecular complexity index is 1680. The number of aliphatic carboxylic acids is 2. The Morgan fingerprint density at radius 1 is 0.688 bits per heavy atom. The van der Waals surface area contributed by atoms with Crippen LogP contribution in [0.5, 0.6) is 11.5 Å². The molecule has 0 spiro atoms. The van der Waals surface area contributed by atoms with Gasteiger partial charge in [-0.3, -0.25) is 14.3 Å². The summed E-state index contributed by atoms with van der Waals surface area (Å²) in [4.78, 5) is 54.7. The average molecular weight is 671 g/mol. The van der Waals surface area contributed by atoms with Gasteiger partial charge in [-0.2, -0.15) is 0 Å². The van der Waals surface area contributed by atoms with Crippen molar-refractivity contribution in [2.24, 2.45) is 0 Å². The first-order valence-corrected chi connectivity index (χ1v) is 15.4. The molecule has 6 rings (SSSR count). The van der Waals surface area contributed by atoms with Gasteiger partial charge in [-0.15, -0.1) is 0 Å². The number of carboxylic acids is 3. The highest BCUT2D eigenvalue weighted by atomic mass is 19.0. The number of halogens is 1. The lowest BCUT2D eigenvalue weighted by atomic mass is 10.0. The fourth-order valence-electron chi connectivity index (χ4n) is 4.12. The third-order valence-corrected chi connectivity index (χ3v) is 6.14. The maximum Gasteiger partial charge on any atom is 0.371 e. The van der Waals surface area contributed by atoms with E-state index in [-0.39, 0.29) is 33.7 Å². The third-order valence-electron chi connectivity index (χ3n) is 6.14. The van der Waals surface area contributed by atoms with Crippen LogP contribution in [-0.4, -0.2) is 51.2 Å². The van der Waals surface area contributed by atoms with Gasteiger partial charge in [0.2, 0.25) is 11.9 Å². The third kappa shape index (κ3) is 12.0. The first kappa shape index (κ1) is 42.5. The van der Waals surface area contributed by atoms with Crippen molar-refractivity contribution < 1.29 is 53.1 Å². The number of carbonyl (C=O) groups is 4. The molecule has 0 amide bonds. The van der Waals surface area contributed by atoms with Crippen LogP contribution >= 0.6 is 0 Å². The van der Waals surface area contributed by atoms with Gasteiger partial charge in [0.15, 0.2) is 17.3 Å². The molecule has 260 valence electrons. The van der Waals surface area contributed by atoms with Crippen LogP contribution in [0.15, 0.2) is 88.1 Å². The molecule has 48 heavy (non-hydrogen) atoms. The normalized spacial score (nSPS) is 14.6. The number of hydrogen-bond acceptors (Lipinski definition) is 8. The molecule has 3 heterocycles. The first-order valence-electron chi connectivity index (χ1n) is 15.4. The lowest BCUT2D eigenvalue weighted by Gasteiger charge is -2.22. The van der Waals surface area contributed by atoms with Gasteiger partial charge in [0, 0.05) is 6.07 Å². The molecule has 4 aromatic rings. The molecule has 0 fully saturated rings. The number of rotatable bonds is 3. The lowest BCUT2D eigenvalue weighted by molar-refractivity contribution is -0.146. The number of para-hydroxylation sites is 3. The van der Waals surface area contributed by atoms with Crippen LogP contribution in [0.4, 0.5) is 4.70 Å². The molecule has 12 heteroatoms. The number of carbonyl (C=O) groups excluding carboxylic acids is 1. The summed E-state index contributed by atoms with van der Waals surface area (Å²) in [6.07, 6.45) is -0.460. The lowest BCUT2D eigenvalue weighted by Crippen LogP contribution is -2.33. The van der Waals surface area contributed by atoms with Crippen molar-refractivity contribution in [3.05, 3.63) is 106 Å². The molecule has 2 atom stereocenters. The molecule has 2 aliphatic heterocycles. The highest BCUT2D eigenvalue weighted by Crippen LogP contribution is 2.28. The zero-order valence-electron chi connectivity index (χ0n) is 27.8. The SMILES string of the molecule is CC.CC.CC.F.O=C(O)[C@H]1CCc2ccccc2O1.O=C(O)c1cc(=O)c2ccccc2o1.O=C1CC(C(=O)O)Oc2ccccc21. The van der Waals surface area contributed by atoms with E-state index in [1.54, 1.807) is 48.5 Å². The molecule has 3 aromatic carbocycles. The van der Waals surface area contributed by atoms with Crippen LogP contribution in [0.3, 0.4) is 0 Å². The Labute approximate surface area is 278 Å². The maximum absolute atomic E-state index is 11.5. The van der Waals surface area contributed by atoms with Crippen LogP contribution in [0.1, 0.15) is 80.9 Å². The highest BCUT2D eigenvalue weighted by molar-refractivity contribution is 6.02. The van der Waals surface area contributed by atoms with E-state index >= 15 is 0 Å². The maximum atomic E-state index is 11.5. The predicted octanol–water partition coefficient (Wildman–Crippen LogP) is 7.29. The van der Waals surface area contributed by atoms with Gasteiger partial charge >= 0.3 is 17.9 Å². The number of aromatic carboxylic acids is 1. The predicted molar refractivity (Wildman–Crippen MR) is 180 cm³/mol. The van der Waals surface area contributed by atoms with Crippen molar-refractivity contribution in [1.82, 2.24) is 0 Å². The van der Waals surface area contributed by atoms with Crippen LogP contribution in [0, 0.1) is 0 Å². The van der Waals surface area contributed by atoms with Crippen LogP contribution in [0.2, 0.25) is 0 Å². The van der Waals surface area contributed by atoms with Crippen LogP contribution in [0.25, 0.3) is 11.0 Å². The molecule has 3 N–H and O–H groups in total. The summed E-state index contributed by atoms with van der Waals surface area (Å²) < 4.78 is 15.4. The second kappa shape index (κ2) is 22.1. The zero-order valence-corrected chi connectivity index (χ0v) is 27.8. The summed E-state index contributed by atoms with van der Waals surface area (Å²) >= 11 is 0. The fourth-order valence-corrected chi connectivity index (χ4v) is 4.12. The monoisotopic (exact) mass is 670 g/mol. The van der Waals surface area contributed by atoms with Gasteiger partial charge in [-0.25, -0.2) is 14.4 Å². The van der Waals surface area contributed by atoms with Crippen LogP contribution in [-0.2, 0) is 16.0 Å². The molecule has 0 aliphatic carbocycles. The fraction of sp³-hybridized carbons (Fsp3) is 0.306. The molecule has 11 nitrogen and oxygen atoms in total. The highest BCUT2D eigenvalue weighted by Gasteiger charge is 2.30. The molecule has 1 aromatic heterocycles. The number of carboxylic acid groups (broad SMARTS) is 3. The minimum Gasteiger partial charge on any atom is -0.479 e. The van der Waals surface area contributed by atoms with Crippen molar-refractivity contribution in [2.45, 2.75) is 73.0 Å². The molecule has 0 saturated heterocycles. The largest absolute Gasteiger partial charge is 0.479 e. The van der Waals surface area contributed by atoms with E-state index in [1.807, 2.05) is 65.8 Å². The Hall–Kier alpha value is -5.52. The van der Waals surface area contributed by atoms with Crippen molar-refractivity contribution in [2.75, 3.05) is 0 Å². The second-order valence-corrected chi connectivity index (χ2v) is 8.94. The number of ether oxygens (including phenoxy) is 2. The van der Waals surface area contributed by atoms with Gasteiger partial charge in [0.25, 0.3) is 0 Å². The van der Waals surface area contributed by atoms with Gasteiger partial charge in [-0.1, -0.05) is 84.0 Å². The van der Waals surface area contributed by atoms with Gasteiger partial charge in [0.05, 0.1) is 17.4 Å². The van der Waals surface area contributed by atoms with Crippen molar-refractivity contribution in [3.63, 3.8) is 0 Å². The standard InChI is InChI=1S/C10H8O4.C10H6O4.C10H10O3.3C2H6.FH/c2*11-7-5-9(10(12)13)14-8-4-2-1-3-6(7)8;11-10(12)9-6-5-7-3-1-2-4-8(7)13-9;3*1-2;/h1-4,9H,5H2,(H,12,13);1-5H,(H,12,13);1-4,9H,5-6H2,(H,11,12);3*1-2H3;1H/t;;9-;;;;/m..1..../s1.